The lowest BCUT2D eigenvalue weighted by Crippen LogP contribution is -2.43. The van der Waals surface area contributed by atoms with Crippen LogP contribution < -0.4 is 10.5 Å². The fourth-order valence-corrected chi connectivity index (χ4v) is 3.65. The van der Waals surface area contributed by atoms with Crippen LogP contribution in [0.5, 0.6) is 5.75 Å². The zero-order valence-electron chi connectivity index (χ0n) is 14.1. The van der Waals surface area contributed by atoms with Crippen molar-refractivity contribution < 1.29 is 14.3 Å². The van der Waals surface area contributed by atoms with Gasteiger partial charge in [-0.1, -0.05) is 12.1 Å². The van der Waals surface area contributed by atoms with E-state index in [0.717, 1.165) is 30.7 Å². The number of nitrogens with zero attached hydrogens (tertiary/aromatic N) is 2. The SMILES string of the molecule is COc1ccc(CN2CC(C(=O)N3CCCC3CN)CC2=O)cc1. The minimum absolute atomic E-state index is 0.0488. The van der Waals surface area contributed by atoms with Crippen LogP contribution in [0, 0.1) is 5.92 Å². The van der Waals surface area contributed by atoms with Crippen molar-refractivity contribution in [2.75, 3.05) is 26.7 Å². The highest BCUT2D eigenvalue weighted by molar-refractivity contribution is 5.89. The van der Waals surface area contributed by atoms with Crippen LogP contribution in [-0.2, 0) is 16.1 Å². The quantitative estimate of drug-likeness (QED) is 0.873. The van der Waals surface area contributed by atoms with Gasteiger partial charge in [0.15, 0.2) is 0 Å². The lowest BCUT2D eigenvalue weighted by Gasteiger charge is -2.26. The monoisotopic (exact) mass is 331 g/mol. The van der Waals surface area contributed by atoms with Gasteiger partial charge in [0, 0.05) is 38.6 Å². The molecule has 6 heteroatoms. The zero-order chi connectivity index (χ0) is 17.1. The minimum Gasteiger partial charge on any atom is -0.497 e. The van der Waals surface area contributed by atoms with E-state index in [1.54, 1.807) is 12.0 Å². The fraction of sp³-hybridized carbons (Fsp3) is 0.556. The maximum absolute atomic E-state index is 12.7. The molecular formula is C18H25N3O3. The van der Waals surface area contributed by atoms with Gasteiger partial charge in [0.25, 0.3) is 0 Å². The number of carbonyl (C=O) groups excluding carboxylic acids is 2. The molecule has 2 N–H and O–H groups in total. The molecular weight excluding hydrogens is 306 g/mol. The second-order valence-corrected chi connectivity index (χ2v) is 6.59. The molecule has 6 nitrogen and oxygen atoms in total. The molecule has 1 aromatic rings. The normalized spacial score (nSPS) is 23.8. The number of rotatable bonds is 5. The molecule has 0 radical (unpaired) electrons. The van der Waals surface area contributed by atoms with Gasteiger partial charge in [-0.3, -0.25) is 9.59 Å². The number of carbonyl (C=O) groups is 2. The third kappa shape index (κ3) is 3.38. The Morgan fingerprint density at radius 1 is 1.33 bits per heavy atom. The average molecular weight is 331 g/mol. The standard InChI is InChI=1S/C18H25N3O3/c1-24-16-6-4-13(5-7-16)11-20-12-14(9-17(20)22)18(23)21-8-2-3-15(21)10-19/h4-7,14-15H,2-3,8-12,19H2,1H3. The highest BCUT2D eigenvalue weighted by Gasteiger charge is 2.39. The number of likely N-dealkylation sites (tertiary alicyclic amines) is 2. The van der Waals surface area contributed by atoms with Gasteiger partial charge in [-0.25, -0.2) is 0 Å². The van der Waals surface area contributed by atoms with Crippen molar-refractivity contribution >= 4 is 11.8 Å². The molecule has 0 aromatic heterocycles. The van der Waals surface area contributed by atoms with Gasteiger partial charge in [-0.2, -0.15) is 0 Å². The molecule has 2 fully saturated rings. The van der Waals surface area contributed by atoms with E-state index in [0.29, 0.717) is 26.1 Å². The van der Waals surface area contributed by atoms with Crippen LogP contribution in [0.2, 0.25) is 0 Å². The van der Waals surface area contributed by atoms with Crippen LogP contribution in [0.15, 0.2) is 24.3 Å². The summed E-state index contributed by atoms with van der Waals surface area (Å²) in [6.45, 7) is 2.30. The number of hydrogen-bond acceptors (Lipinski definition) is 4. The summed E-state index contributed by atoms with van der Waals surface area (Å²) in [5.41, 5.74) is 6.80. The molecule has 2 heterocycles. The Hall–Kier alpha value is -2.08. The molecule has 2 unspecified atom stereocenters. The predicted molar refractivity (Wildman–Crippen MR) is 90.3 cm³/mol. The average Bonchev–Trinajstić information content (AvgIpc) is 3.22. The first-order valence-electron chi connectivity index (χ1n) is 8.53. The second-order valence-electron chi connectivity index (χ2n) is 6.59. The molecule has 0 aliphatic carbocycles. The van der Waals surface area contributed by atoms with E-state index < -0.39 is 0 Å². The Balaban J connectivity index is 1.61. The second kappa shape index (κ2) is 7.21. The number of nitrogens with two attached hydrogens (primary N) is 1. The Kier molecular flexibility index (Phi) is 5.04. The lowest BCUT2D eigenvalue weighted by atomic mass is 10.1. The number of methoxy groups -OCH3 is 1. The molecule has 2 saturated heterocycles. The third-order valence-corrected chi connectivity index (χ3v) is 5.03. The first kappa shape index (κ1) is 16.8. The summed E-state index contributed by atoms with van der Waals surface area (Å²) in [5.74, 6) is 0.700. The summed E-state index contributed by atoms with van der Waals surface area (Å²) in [6, 6.07) is 7.81. The summed E-state index contributed by atoms with van der Waals surface area (Å²) in [6.07, 6.45) is 2.28. The zero-order valence-corrected chi connectivity index (χ0v) is 14.1. The molecule has 2 atom stereocenters. The Labute approximate surface area is 142 Å². The maximum Gasteiger partial charge on any atom is 0.228 e. The van der Waals surface area contributed by atoms with E-state index >= 15 is 0 Å². The van der Waals surface area contributed by atoms with Gasteiger partial charge in [-0.05, 0) is 30.5 Å². The molecule has 2 aliphatic heterocycles. The Morgan fingerprint density at radius 3 is 2.75 bits per heavy atom. The Bertz CT molecular complexity index is 602. The molecule has 1 aromatic carbocycles. The van der Waals surface area contributed by atoms with Gasteiger partial charge >= 0.3 is 0 Å². The van der Waals surface area contributed by atoms with E-state index in [-0.39, 0.29) is 23.8 Å². The van der Waals surface area contributed by atoms with Crippen LogP contribution in [0.4, 0.5) is 0 Å². The molecule has 0 saturated carbocycles. The van der Waals surface area contributed by atoms with Crippen LogP contribution in [0.25, 0.3) is 0 Å². The number of amides is 2. The molecule has 0 spiro atoms. The highest BCUT2D eigenvalue weighted by atomic mass is 16.5. The van der Waals surface area contributed by atoms with Crippen molar-refractivity contribution in [3.05, 3.63) is 29.8 Å². The van der Waals surface area contributed by atoms with Gasteiger partial charge in [-0.15, -0.1) is 0 Å². The molecule has 3 rings (SSSR count). The van der Waals surface area contributed by atoms with Crippen molar-refractivity contribution in [1.29, 1.82) is 0 Å². The first-order chi connectivity index (χ1) is 11.6. The van der Waals surface area contributed by atoms with Crippen molar-refractivity contribution in [2.24, 2.45) is 11.7 Å². The topological polar surface area (TPSA) is 75.9 Å². The summed E-state index contributed by atoms with van der Waals surface area (Å²) in [5, 5.41) is 0. The molecule has 24 heavy (non-hydrogen) atoms. The number of benzene rings is 1. The van der Waals surface area contributed by atoms with Gasteiger partial charge in [0.2, 0.25) is 11.8 Å². The van der Waals surface area contributed by atoms with Gasteiger partial charge < -0.3 is 20.3 Å². The molecule has 2 aliphatic rings. The summed E-state index contributed by atoms with van der Waals surface area (Å²) >= 11 is 0. The third-order valence-electron chi connectivity index (χ3n) is 5.03. The van der Waals surface area contributed by atoms with Crippen molar-refractivity contribution in [3.63, 3.8) is 0 Å². The Morgan fingerprint density at radius 2 is 2.08 bits per heavy atom. The summed E-state index contributed by atoms with van der Waals surface area (Å²) in [4.78, 5) is 28.7. The van der Waals surface area contributed by atoms with E-state index in [1.165, 1.54) is 0 Å². The lowest BCUT2D eigenvalue weighted by molar-refractivity contribution is -0.136. The van der Waals surface area contributed by atoms with E-state index in [9.17, 15) is 9.59 Å². The van der Waals surface area contributed by atoms with Crippen molar-refractivity contribution in [3.8, 4) is 5.75 Å². The van der Waals surface area contributed by atoms with Crippen LogP contribution in [0.1, 0.15) is 24.8 Å². The predicted octanol–water partition coefficient (Wildman–Crippen LogP) is 0.993. The van der Waals surface area contributed by atoms with Crippen LogP contribution in [-0.4, -0.2) is 54.4 Å². The number of ether oxygens (including phenoxy) is 1. The van der Waals surface area contributed by atoms with Gasteiger partial charge in [0.05, 0.1) is 13.0 Å². The maximum atomic E-state index is 12.7. The van der Waals surface area contributed by atoms with Crippen LogP contribution >= 0.6 is 0 Å². The first-order valence-corrected chi connectivity index (χ1v) is 8.53. The van der Waals surface area contributed by atoms with E-state index in [2.05, 4.69) is 0 Å². The molecule has 130 valence electrons. The molecule has 2 amide bonds. The van der Waals surface area contributed by atoms with Crippen molar-refractivity contribution in [1.82, 2.24) is 9.80 Å². The van der Waals surface area contributed by atoms with Gasteiger partial charge in [0.1, 0.15) is 5.75 Å². The largest absolute Gasteiger partial charge is 0.497 e. The van der Waals surface area contributed by atoms with E-state index in [4.69, 9.17) is 10.5 Å². The molecule has 0 bridgehead atoms. The summed E-state index contributed by atoms with van der Waals surface area (Å²) in [7, 11) is 1.63. The van der Waals surface area contributed by atoms with Crippen LogP contribution in [0.3, 0.4) is 0 Å². The minimum atomic E-state index is -0.233. The number of hydrogen-bond donors (Lipinski definition) is 1. The fourth-order valence-electron chi connectivity index (χ4n) is 3.65. The van der Waals surface area contributed by atoms with Crippen molar-refractivity contribution in [2.45, 2.75) is 31.8 Å². The van der Waals surface area contributed by atoms with E-state index in [1.807, 2.05) is 29.2 Å². The smallest absolute Gasteiger partial charge is 0.228 e. The highest BCUT2D eigenvalue weighted by Crippen LogP contribution is 2.26. The summed E-state index contributed by atoms with van der Waals surface area (Å²) < 4.78 is 5.15.